The number of rotatable bonds is 11. The lowest BCUT2D eigenvalue weighted by Gasteiger charge is -2.28. The Balaban J connectivity index is 1.79. The Kier molecular flexibility index (Phi) is 7.49. The van der Waals surface area contributed by atoms with Gasteiger partial charge in [-0.3, -0.25) is 8.98 Å². The van der Waals surface area contributed by atoms with Crippen LogP contribution in [0.1, 0.15) is 19.4 Å². The molecule has 32 heavy (non-hydrogen) atoms. The second kappa shape index (κ2) is 9.78. The molecular formula is C22H32N2O7S. The van der Waals surface area contributed by atoms with Gasteiger partial charge in [0.2, 0.25) is 0 Å². The van der Waals surface area contributed by atoms with E-state index in [0.717, 1.165) is 21.5 Å². The third kappa shape index (κ3) is 5.61. The largest absolute Gasteiger partial charge is 0.497 e. The molecule has 0 saturated carbocycles. The number of nitrogens with zero attached hydrogens (tertiary/aromatic N) is 2. The Morgan fingerprint density at radius 3 is 2.59 bits per heavy atom. The maximum atomic E-state index is 13.1. The van der Waals surface area contributed by atoms with Crippen molar-refractivity contribution in [3.63, 3.8) is 0 Å². The number of esters is 1. The number of benzene rings is 1. The molecule has 3 rings (SSSR count). The minimum Gasteiger partial charge on any atom is -0.497 e. The second-order valence-electron chi connectivity index (χ2n) is 8.99. The number of carbonyl (C=O) groups is 1. The molecule has 0 atom stereocenters. The van der Waals surface area contributed by atoms with Crippen LogP contribution in [0.5, 0.6) is 5.75 Å². The van der Waals surface area contributed by atoms with Crippen LogP contribution in [0, 0.1) is 11.3 Å². The predicted octanol–water partition coefficient (Wildman–Crippen LogP) is 2.08. The first kappa shape index (κ1) is 24.5. The predicted molar refractivity (Wildman–Crippen MR) is 120 cm³/mol. The van der Waals surface area contributed by atoms with E-state index in [4.69, 9.17) is 18.4 Å². The number of fused-ring (bicyclic) bond motifs is 1. The van der Waals surface area contributed by atoms with Crippen molar-refractivity contribution in [2.24, 2.45) is 11.3 Å². The lowest BCUT2D eigenvalue weighted by Crippen LogP contribution is -2.37. The Bertz CT molecular complexity index is 1060. The van der Waals surface area contributed by atoms with Crippen LogP contribution in [0.3, 0.4) is 0 Å². The highest BCUT2D eigenvalue weighted by Gasteiger charge is 2.34. The van der Waals surface area contributed by atoms with Crippen LogP contribution in [-0.2, 0) is 35.2 Å². The third-order valence-corrected chi connectivity index (χ3v) is 6.61. The Morgan fingerprint density at radius 1 is 1.28 bits per heavy atom. The number of aromatic nitrogens is 1. The molecule has 178 valence electrons. The zero-order valence-electron chi connectivity index (χ0n) is 19.3. The van der Waals surface area contributed by atoms with Gasteiger partial charge < -0.3 is 19.1 Å². The maximum Gasteiger partial charge on any atom is 0.366 e. The first-order valence-corrected chi connectivity index (χ1v) is 11.9. The van der Waals surface area contributed by atoms with E-state index in [0.29, 0.717) is 30.9 Å². The zero-order chi connectivity index (χ0) is 23.5. The van der Waals surface area contributed by atoms with Gasteiger partial charge in [-0.25, -0.2) is 3.97 Å². The summed E-state index contributed by atoms with van der Waals surface area (Å²) in [5, 5.41) is 0.778. The summed E-state index contributed by atoms with van der Waals surface area (Å²) in [6.45, 7) is 5.02. The minimum absolute atomic E-state index is 0.197. The maximum absolute atomic E-state index is 13.1. The lowest BCUT2D eigenvalue weighted by atomic mass is 9.95. The summed E-state index contributed by atoms with van der Waals surface area (Å²) >= 11 is 0. The van der Waals surface area contributed by atoms with Crippen LogP contribution in [0.15, 0.2) is 24.4 Å². The molecule has 1 aromatic heterocycles. The Morgan fingerprint density at radius 2 is 2.00 bits per heavy atom. The molecule has 0 aliphatic carbocycles. The highest BCUT2D eigenvalue weighted by atomic mass is 32.2. The molecule has 0 N–H and O–H groups in total. The summed E-state index contributed by atoms with van der Waals surface area (Å²) in [5.41, 5.74) is 0.225. The van der Waals surface area contributed by atoms with Gasteiger partial charge in [-0.2, -0.15) is 8.42 Å². The average Bonchev–Trinajstić information content (AvgIpc) is 3.08. The summed E-state index contributed by atoms with van der Waals surface area (Å²) in [4.78, 5) is 14.5. The van der Waals surface area contributed by atoms with E-state index in [1.807, 2.05) is 25.1 Å². The van der Waals surface area contributed by atoms with Gasteiger partial charge in [0, 0.05) is 24.0 Å². The molecule has 9 nitrogen and oxygen atoms in total. The van der Waals surface area contributed by atoms with E-state index >= 15 is 0 Å². The van der Waals surface area contributed by atoms with Crippen LogP contribution in [0.4, 0.5) is 0 Å². The first-order chi connectivity index (χ1) is 15.0. The molecule has 10 heteroatoms. The fraction of sp³-hybridized carbons (Fsp3) is 0.591. The molecule has 0 radical (unpaired) electrons. The van der Waals surface area contributed by atoms with Crippen molar-refractivity contribution in [2.45, 2.75) is 20.3 Å². The van der Waals surface area contributed by atoms with Crippen molar-refractivity contribution in [1.82, 2.24) is 8.87 Å². The van der Waals surface area contributed by atoms with Gasteiger partial charge in [-0.05, 0) is 58.1 Å². The number of carbonyl (C=O) groups excluding carboxylic acids is 1. The van der Waals surface area contributed by atoms with Crippen LogP contribution in [0.2, 0.25) is 0 Å². The zero-order valence-corrected chi connectivity index (χ0v) is 20.1. The molecule has 0 spiro atoms. The molecule has 1 fully saturated rings. The molecule has 0 unspecified atom stereocenters. The van der Waals surface area contributed by atoms with Crippen molar-refractivity contribution in [3.8, 4) is 5.75 Å². The topological polar surface area (TPSA) is 96.3 Å². The standard InChI is InChI=1S/C22H32N2O7S/c1-22(2,21(25)30-14-16-12-29-13-16)15-31-32(26,27)24-11-17(8-9-23(3)4)19-10-18(28-5)6-7-20(19)24/h6-7,10-11,16H,8-9,12-15H2,1-5H3. The molecule has 0 bridgehead atoms. The van der Waals surface area contributed by atoms with E-state index in [-0.39, 0.29) is 19.1 Å². The smallest absolute Gasteiger partial charge is 0.366 e. The number of likely N-dealkylation sites (N-methyl/N-ethyl adjacent to an activating group) is 1. The van der Waals surface area contributed by atoms with E-state index in [2.05, 4.69) is 0 Å². The van der Waals surface area contributed by atoms with Crippen molar-refractivity contribution in [3.05, 3.63) is 30.0 Å². The van der Waals surface area contributed by atoms with Gasteiger partial charge in [0.15, 0.2) is 0 Å². The highest BCUT2D eigenvalue weighted by molar-refractivity contribution is 7.85. The summed E-state index contributed by atoms with van der Waals surface area (Å²) in [7, 11) is 1.30. The van der Waals surface area contributed by atoms with Crippen molar-refractivity contribution in [2.75, 3.05) is 54.2 Å². The Hall–Kier alpha value is -2.14. The molecule has 1 aliphatic heterocycles. The normalized spacial score (nSPS) is 15.2. The van der Waals surface area contributed by atoms with Crippen molar-refractivity contribution in [1.29, 1.82) is 0 Å². The van der Waals surface area contributed by atoms with Crippen LogP contribution in [-0.4, -0.2) is 77.4 Å². The lowest BCUT2D eigenvalue weighted by molar-refractivity contribution is -0.162. The van der Waals surface area contributed by atoms with Crippen molar-refractivity contribution < 1.29 is 31.6 Å². The SMILES string of the molecule is COc1ccc2c(c1)c(CCN(C)C)cn2S(=O)(=O)OCC(C)(C)C(=O)OCC1COC1. The average molecular weight is 469 g/mol. The fourth-order valence-electron chi connectivity index (χ4n) is 3.21. The molecular weight excluding hydrogens is 436 g/mol. The molecule has 1 saturated heterocycles. The van der Waals surface area contributed by atoms with Crippen molar-refractivity contribution >= 4 is 27.2 Å². The van der Waals surface area contributed by atoms with E-state index < -0.39 is 21.7 Å². The third-order valence-electron chi connectivity index (χ3n) is 5.41. The molecule has 2 aromatic rings. The summed E-state index contributed by atoms with van der Waals surface area (Å²) in [6, 6.07) is 5.21. The quantitative estimate of drug-likeness (QED) is 0.463. The molecule has 2 heterocycles. The summed E-state index contributed by atoms with van der Waals surface area (Å²) < 4.78 is 48.3. The van der Waals surface area contributed by atoms with Crippen LogP contribution >= 0.6 is 0 Å². The van der Waals surface area contributed by atoms with Crippen LogP contribution < -0.4 is 4.74 Å². The number of methoxy groups -OCH3 is 1. The monoisotopic (exact) mass is 468 g/mol. The molecule has 1 aliphatic rings. The van der Waals surface area contributed by atoms with Gasteiger partial charge in [0.05, 0.1) is 44.5 Å². The number of ether oxygens (including phenoxy) is 3. The van der Waals surface area contributed by atoms with E-state index in [1.165, 1.54) is 0 Å². The molecule has 1 aromatic carbocycles. The van der Waals surface area contributed by atoms with Gasteiger partial charge in [-0.1, -0.05) is 0 Å². The number of hydrogen-bond acceptors (Lipinski definition) is 8. The summed E-state index contributed by atoms with van der Waals surface area (Å²) in [5.74, 6) is 0.331. The van der Waals surface area contributed by atoms with Gasteiger partial charge in [0.1, 0.15) is 5.75 Å². The second-order valence-corrected chi connectivity index (χ2v) is 10.5. The Labute approximate surface area is 189 Å². The highest BCUT2D eigenvalue weighted by Crippen LogP contribution is 2.29. The van der Waals surface area contributed by atoms with E-state index in [9.17, 15) is 13.2 Å². The minimum atomic E-state index is -4.18. The van der Waals surface area contributed by atoms with E-state index in [1.54, 1.807) is 39.3 Å². The first-order valence-electron chi connectivity index (χ1n) is 10.5. The van der Waals surface area contributed by atoms with Gasteiger partial charge in [0.25, 0.3) is 0 Å². The van der Waals surface area contributed by atoms with Gasteiger partial charge >= 0.3 is 16.3 Å². The van der Waals surface area contributed by atoms with Crippen LogP contribution in [0.25, 0.3) is 10.9 Å². The molecule has 0 amide bonds. The summed E-state index contributed by atoms with van der Waals surface area (Å²) in [6.07, 6.45) is 2.23. The van der Waals surface area contributed by atoms with Gasteiger partial charge in [-0.15, -0.1) is 0 Å². The number of hydrogen-bond donors (Lipinski definition) is 0. The fourth-order valence-corrected chi connectivity index (χ4v) is 4.42.